The number of nitrogens with zero attached hydrogens (tertiary/aromatic N) is 5. The number of hydrogen-bond acceptors (Lipinski definition) is 5. The normalized spacial score (nSPS) is 18.4. The molecule has 4 heterocycles. The monoisotopic (exact) mass is 515 g/mol. The fourth-order valence-corrected chi connectivity index (χ4v) is 4.88. The van der Waals surface area contributed by atoms with Crippen molar-refractivity contribution in [3.8, 4) is 0 Å². The first-order valence-corrected chi connectivity index (χ1v) is 10.9. The highest BCUT2D eigenvalue weighted by Gasteiger charge is 2.24. The van der Waals surface area contributed by atoms with Gasteiger partial charge < -0.3 is 15.2 Å². The van der Waals surface area contributed by atoms with E-state index in [1.54, 1.807) is 0 Å². The molecule has 2 N–H and O–H groups in total. The summed E-state index contributed by atoms with van der Waals surface area (Å²) in [4.78, 5) is 8.41. The SMILES string of the molecule is CN=C(NCc1nnc2n1CCCC2)NCC(c1cccs1)N1CCCC1.I. The highest BCUT2D eigenvalue weighted by Crippen LogP contribution is 2.27. The maximum atomic E-state index is 4.40. The van der Waals surface area contributed by atoms with Crippen LogP contribution in [0.3, 0.4) is 0 Å². The molecule has 0 bridgehead atoms. The van der Waals surface area contributed by atoms with Gasteiger partial charge in [-0.05, 0) is 50.2 Å². The average molecular weight is 515 g/mol. The highest BCUT2D eigenvalue weighted by atomic mass is 127. The predicted octanol–water partition coefficient (Wildman–Crippen LogP) is 2.80. The molecule has 0 radical (unpaired) electrons. The number of nitrogens with one attached hydrogen (secondary N) is 2. The quantitative estimate of drug-likeness (QED) is 0.352. The van der Waals surface area contributed by atoms with E-state index in [1.807, 2.05) is 18.4 Å². The van der Waals surface area contributed by atoms with Crippen LogP contribution in [0.2, 0.25) is 0 Å². The molecule has 1 fully saturated rings. The van der Waals surface area contributed by atoms with E-state index < -0.39 is 0 Å². The van der Waals surface area contributed by atoms with Crippen LogP contribution < -0.4 is 10.6 Å². The smallest absolute Gasteiger partial charge is 0.191 e. The second kappa shape index (κ2) is 10.5. The van der Waals surface area contributed by atoms with E-state index in [0.717, 1.165) is 37.1 Å². The van der Waals surface area contributed by atoms with Crippen molar-refractivity contribution in [1.82, 2.24) is 30.3 Å². The molecule has 28 heavy (non-hydrogen) atoms. The van der Waals surface area contributed by atoms with Gasteiger partial charge in [-0.3, -0.25) is 9.89 Å². The lowest BCUT2D eigenvalue weighted by Crippen LogP contribution is -2.42. The number of aromatic nitrogens is 3. The summed E-state index contributed by atoms with van der Waals surface area (Å²) >= 11 is 1.84. The zero-order valence-corrected chi connectivity index (χ0v) is 19.6. The van der Waals surface area contributed by atoms with Crippen molar-refractivity contribution >= 4 is 41.3 Å². The molecule has 1 saturated heterocycles. The molecule has 2 aromatic rings. The van der Waals surface area contributed by atoms with Crippen LogP contribution in [-0.2, 0) is 19.5 Å². The molecule has 1 atom stereocenters. The summed E-state index contributed by atoms with van der Waals surface area (Å²) < 4.78 is 2.25. The van der Waals surface area contributed by atoms with Crippen LogP contribution in [0.15, 0.2) is 22.5 Å². The van der Waals surface area contributed by atoms with Crippen LogP contribution in [0.5, 0.6) is 0 Å². The summed E-state index contributed by atoms with van der Waals surface area (Å²) in [6.45, 7) is 4.91. The Morgan fingerprint density at radius 2 is 2.00 bits per heavy atom. The van der Waals surface area contributed by atoms with Gasteiger partial charge in [0.2, 0.25) is 0 Å². The summed E-state index contributed by atoms with van der Waals surface area (Å²) in [6, 6.07) is 4.80. The number of aryl methyl sites for hydroxylation is 1. The van der Waals surface area contributed by atoms with Gasteiger partial charge in [0.1, 0.15) is 5.82 Å². The fourth-order valence-electron chi connectivity index (χ4n) is 4.02. The molecular weight excluding hydrogens is 485 g/mol. The first-order valence-electron chi connectivity index (χ1n) is 9.98. The summed E-state index contributed by atoms with van der Waals surface area (Å²) in [6.07, 6.45) is 6.07. The molecule has 1 unspecified atom stereocenters. The van der Waals surface area contributed by atoms with Crippen molar-refractivity contribution in [2.24, 2.45) is 4.99 Å². The maximum absolute atomic E-state index is 4.40. The number of guanidine groups is 1. The van der Waals surface area contributed by atoms with E-state index in [0.29, 0.717) is 12.6 Å². The number of halogens is 1. The van der Waals surface area contributed by atoms with Crippen LogP contribution in [0.25, 0.3) is 0 Å². The van der Waals surface area contributed by atoms with Gasteiger partial charge in [0.05, 0.1) is 12.6 Å². The van der Waals surface area contributed by atoms with Crippen molar-refractivity contribution in [3.63, 3.8) is 0 Å². The minimum Gasteiger partial charge on any atom is -0.354 e. The van der Waals surface area contributed by atoms with E-state index in [1.165, 1.54) is 43.6 Å². The van der Waals surface area contributed by atoms with Crippen molar-refractivity contribution in [2.45, 2.75) is 51.2 Å². The van der Waals surface area contributed by atoms with Gasteiger partial charge >= 0.3 is 0 Å². The molecule has 154 valence electrons. The minimum absolute atomic E-state index is 0. The first-order chi connectivity index (χ1) is 13.3. The Kier molecular flexibility index (Phi) is 8.10. The molecule has 0 aromatic carbocycles. The van der Waals surface area contributed by atoms with Crippen LogP contribution in [0, 0.1) is 0 Å². The van der Waals surface area contributed by atoms with Gasteiger partial charge in [0, 0.05) is 31.4 Å². The second-order valence-electron chi connectivity index (χ2n) is 7.22. The fraction of sp³-hybridized carbons (Fsp3) is 0.632. The van der Waals surface area contributed by atoms with Crippen LogP contribution >= 0.6 is 35.3 Å². The number of aliphatic imine (C=N–C) groups is 1. The topological polar surface area (TPSA) is 70.4 Å². The van der Waals surface area contributed by atoms with Crippen molar-refractivity contribution < 1.29 is 0 Å². The maximum Gasteiger partial charge on any atom is 0.191 e. The molecule has 4 rings (SSSR count). The summed E-state index contributed by atoms with van der Waals surface area (Å²) in [5.41, 5.74) is 0. The number of thiophene rings is 1. The Bertz CT molecular complexity index is 752. The molecule has 0 aliphatic carbocycles. The Labute approximate surface area is 188 Å². The molecule has 0 spiro atoms. The molecule has 7 nitrogen and oxygen atoms in total. The van der Waals surface area contributed by atoms with Gasteiger partial charge in [-0.25, -0.2) is 0 Å². The van der Waals surface area contributed by atoms with Crippen molar-refractivity contribution in [1.29, 1.82) is 0 Å². The Hall–Kier alpha value is -1.20. The number of fused-ring (bicyclic) bond motifs is 1. The van der Waals surface area contributed by atoms with Crippen LogP contribution in [0.4, 0.5) is 0 Å². The number of likely N-dealkylation sites (tertiary alicyclic amines) is 1. The molecular formula is C19H30IN7S. The lowest BCUT2D eigenvalue weighted by atomic mass is 10.2. The van der Waals surface area contributed by atoms with E-state index >= 15 is 0 Å². The molecule has 2 aliphatic rings. The third kappa shape index (κ3) is 5.04. The van der Waals surface area contributed by atoms with Gasteiger partial charge in [-0.2, -0.15) is 0 Å². The zero-order chi connectivity index (χ0) is 18.5. The standard InChI is InChI=1S/C19H29N7S.HI/c1-20-19(22-14-18-24-23-17-8-2-3-11-26(17)18)21-13-15(16-7-6-12-27-16)25-9-4-5-10-25;/h6-7,12,15H,2-5,8-11,13-14H2,1H3,(H2,20,21,22);1H. The lowest BCUT2D eigenvalue weighted by molar-refractivity contribution is 0.249. The van der Waals surface area contributed by atoms with Crippen molar-refractivity contribution in [3.05, 3.63) is 34.0 Å². The predicted molar refractivity (Wildman–Crippen MR) is 124 cm³/mol. The molecule has 0 saturated carbocycles. The number of rotatable bonds is 6. The van der Waals surface area contributed by atoms with Gasteiger partial charge in [0.25, 0.3) is 0 Å². The molecule has 2 aromatic heterocycles. The van der Waals surface area contributed by atoms with E-state index in [2.05, 4.69) is 52.8 Å². The summed E-state index contributed by atoms with van der Waals surface area (Å²) in [7, 11) is 1.82. The Morgan fingerprint density at radius 3 is 2.75 bits per heavy atom. The Balaban J connectivity index is 0.00000225. The number of hydrogen-bond donors (Lipinski definition) is 2. The van der Waals surface area contributed by atoms with E-state index in [-0.39, 0.29) is 24.0 Å². The third-order valence-corrected chi connectivity index (χ3v) is 6.46. The minimum atomic E-state index is 0. The highest BCUT2D eigenvalue weighted by molar-refractivity contribution is 14.0. The zero-order valence-electron chi connectivity index (χ0n) is 16.4. The molecule has 0 amide bonds. The molecule has 2 aliphatic heterocycles. The summed E-state index contributed by atoms with van der Waals surface area (Å²) in [5.74, 6) is 2.94. The second-order valence-corrected chi connectivity index (χ2v) is 8.20. The summed E-state index contributed by atoms with van der Waals surface area (Å²) in [5, 5.41) is 17.8. The van der Waals surface area contributed by atoms with E-state index in [4.69, 9.17) is 0 Å². The largest absolute Gasteiger partial charge is 0.354 e. The Morgan fingerprint density at radius 1 is 1.18 bits per heavy atom. The van der Waals surface area contributed by atoms with Crippen LogP contribution in [-0.4, -0.2) is 52.3 Å². The van der Waals surface area contributed by atoms with Crippen molar-refractivity contribution in [2.75, 3.05) is 26.7 Å². The van der Waals surface area contributed by atoms with Crippen LogP contribution in [0.1, 0.15) is 48.3 Å². The molecule has 9 heteroatoms. The lowest BCUT2D eigenvalue weighted by Gasteiger charge is -2.27. The van der Waals surface area contributed by atoms with E-state index in [9.17, 15) is 0 Å². The van der Waals surface area contributed by atoms with Gasteiger partial charge in [-0.1, -0.05) is 6.07 Å². The average Bonchev–Trinajstić information content (AvgIpc) is 3.47. The van der Waals surface area contributed by atoms with Gasteiger partial charge in [0.15, 0.2) is 11.8 Å². The van der Waals surface area contributed by atoms with Gasteiger partial charge in [-0.15, -0.1) is 45.5 Å². The first kappa shape index (κ1) is 21.5. The third-order valence-electron chi connectivity index (χ3n) is 5.49.